The summed E-state index contributed by atoms with van der Waals surface area (Å²) in [6.07, 6.45) is 3.00. The van der Waals surface area contributed by atoms with E-state index in [1.165, 1.54) is 12.2 Å². The van der Waals surface area contributed by atoms with E-state index in [2.05, 4.69) is 23.3 Å². The smallest absolute Gasteiger partial charge is 0.152 e. The Labute approximate surface area is 99.8 Å². The highest BCUT2D eigenvalue weighted by atomic mass is 35.5. The summed E-state index contributed by atoms with van der Waals surface area (Å²) in [6, 6.07) is 2.58. The molecule has 0 bridgehead atoms. The number of halogens is 1. The molecule has 2 heterocycles. The predicted octanol–water partition coefficient (Wildman–Crippen LogP) is 3.35. The van der Waals surface area contributed by atoms with Crippen LogP contribution in [0.5, 0.6) is 0 Å². The van der Waals surface area contributed by atoms with Gasteiger partial charge >= 0.3 is 0 Å². The van der Waals surface area contributed by atoms with Gasteiger partial charge in [0.1, 0.15) is 0 Å². The zero-order chi connectivity index (χ0) is 10.8. The second kappa shape index (κ2) is 4.62. The Morgan fingerprint density at radius 1 is 1.60 bits per heavy atom. The lowest BCUT2D eigenvalue weighted by Crippen LogP contribution is -2.25. The van der Waals surface area contributed by atoms with Crippen LogP contribution in [-0.4, -0.2) is 22.0 Å². The second-order valence-electron chi connectivity index (χ2n) is 3.97. The van der Waals surface area contributed by atoms with Crippen LogP contribution in [0.25, 0.3) is 0 Å². The van der Waals surface area contributed by atoms with Crippen molar-refractivity contribution in [2.75, 3.05) is 11.1 Å². The van der Waals surface area contributed by atoms with Gasteiger partial charge < -0.3 is 5.32 Å². The summed E-state index contributed by atoms with van der Waals surface area (Å²) in [5.41, 5.74) is 2.11. The number of aromatic nitrogens is 1. The van der Waals surface area contributed by atoms with Crippen LogP contribution in [0.2, 0.25) is 5.15 Å². The molecule has 2 rings (SSSR count). The van der Waals surface area contributed by atoms with E-state index in [1.807, 2.05) is 18.7 Å². The molecule has 0 saturated carbocycles. The molecule has 82 valence electrons. The van der Waals surface area contributed by atoms with Crippen LogP contribution in [-0.2, 0) is 0 Å². The van der Waals surface area contributed by atoms with Crippen molar-refractivity contribution >= 4 is 29.1 Å². The summed E-state index contributed by atoms with van der Waals surface area (Å²) in [5.74, 6) is 1.23. The average Bonchev–Trinajstić information content (AvgIpc) is 2.58. The fraction of sp³-hybridized carbons (Fsp3) is 0.545. The third-order valence-electron chi connectivity index (χ3n) is 2.69. The van der Waals surface area contributed by atoms with Crippen LogP contribution in [0.3, 0.4) is 0 Å². The van der Waals surface area contributed by atoms with Crippen molar-refractivity contribution in [3.8, 4) is 0 Å². The maximum Gasteiger partial charge on any atom is 0.152 e. The molecular weight excluding hydrogens is 228 g/mol. The first-order valence-corrected chi connectivity index (χ1v) is 6.60. The van der Waals surface area contributed by atoms with Crippen molar-refractivity contribution in [1.29, 1.82) is 0 Å². The van der Waals surface area contributed by atoms with Crippen molar-refractivity contribution in [2.45, 2.75) is 31.6 Å². The van der Waals surface area contributed by atoms with E-state index < -0.39 is 0 Å². The van der Waals surface area contributed by atoms with Gasteiger partial charge in [0.15, 0.2) is 5.15 Å². The summed E-state index contributed by atoms with van der Waals surface area (Å²) < 4.78 is 0. The van der Waals surface area contributed by atoms with Gasteiger partial charge in [0, 0.05) is 17.5 Å². The number of aryl methyl sites for hydroxylation is 1. The zero-order valence-electron chi connectivity index (χ0n) is 8.96. The van der Waals surface area contributed by atoms with Gasteiger partial charge in [0.05, 0.1) is 5.69 Å². The van der Waals surface area contributed by atoms with Gasteiger partial charge in [-0.25, -0.2) is 4.98 Å². The molecule has 0 aliphatic carbocycles. The van der Waals surface area contributed by atoms with Crippen molar-refractivity contribution in [1.82, 2.24) is 4.98 Å². The van der Waals surface area contributed by atoms with Crippen LogP contribution in [0.1, 0.15) is 18.9 Å². The fourth-order valence-corrected chi connectivity index (χ4v) is 3.13. The van der Waals surface area contributed by atoms with Crippen molar-refractivity contribution in [3.05, 3.63) is 23.0 Å². The highest BCUT2D eigenvalue weighted by molar-refractivity contribution is 8.00. The van der Waals surface area contributed by atoms with Gasteiger partial charge in [-0.15, -0.1) is 0 Å². The van der Waals surface area contributed by atoms with Crippen LogP contribution < -0.4 is 5.32 Å². The van der Waals surface area contributed by atoms with E-state index in [0.717, 1.165) is 11.3 Å². The molecule has 0 radical (unpaired) electrons. The molecule has 0 spiro atoms. The quantitative estimate of drug-likeness (QED) is 0.806. The highest BCUT2D eigenvalue weighted by Crippen LogP contribution is 2.30. The summed E-state index contributed by atoms with van der Waals surface area (Å²) in [4.78, 5) is 4.14. The lowest BCUT2D eigenvalue weighted by Gasteiger charge is -2.18. The number of thioether (sulfide) groups is 1. The SMILES string of the molecule is Cc1cnc(Cl)c(NC2CCSC2C)c1. The Bertz CT molecular complexity index is 356. The molecule has 0 amide bonds. The Balaban J connectivity index is 2.12. The normalized spacial score (nSPS) is 25.5. The van der Waals surface area contributed by atoms with Gasteiger partial charge in [0.25, 0.3) is 0 Å². The molecule has 1 aromatic heterocycles. The first-order valence-electron chi connectivity index (χ1n) is 5.17. The molecule has 4 heteroatoms. The molecule has 1 N–H and O–H groups in total. The van der Waals surface area contributed by atoms with E-state index in [0.29, 0.717) is 16.4 Å². The minimum atomic E-state index is 0.524. The Kier molecular flexibility index (Phi) is 3.42. The molecule has 0 aromatic carbocycles. The molecule has 1 aromatic rings. The number of anilines is 1. The van der Waals surface area contributed by atoms with E-state index >= 15 is 0 Å². The third-order valence-corrected chi connectivity index (χ3v) is 4.32. The molecule has 1 aliphatic rings. The maximum absolute atomic E-state index is 6.04. The molecule has 15 heavy (non-hydrogen) atoms. The molecule has 2 unspecified atom stereocenters. The van der Waals surface area contributed by atoms with Gasteiger partial charge in [-0.05, 0) is 30.7 Å². The largest absolute Gasteiger partial charge is 0.379 e. The number of nitrogens with zero attached hydrogens (tertiary/aromatic N) is 1. The van der Waals surface area contributed by atoms with Crippen LogP contribution in [0.15, 0.2) is 12.3 Å². The monoisotopic (exact) mass is 242 g/mol. The first kappa shape index (κ1) is 11.1. The van der Waals surface area contributed by atoms with E-state index in [-0.39, 0.29) is 0 Å². The average molecular weight is 243 g/mol. The summed E-state index contributed by atoms with van der Waals surface area (Å²) in [5, 5.41) is 4.71. The molecule has 1 saturated heterocycles. The van der Waals surface area contributed by atoms with Gasteiger partial charge in [-0.2, -0.15) is 11.8 Å². The fourth-order valence-electron chi connectivity index (χ4n) is 1.77. The topological polar surface area (TPSA) is 24.9 Å². The number of pyridine rings is 1. The van der Waals surface area contributed by atoms with Crippen molar-refractivity contribution < 1.29 is 0 Å². The summed E-state index contributed by atoms with van der Waals surface area (Å²) in [7, 11) is 0. The molecule has 1 fully saturated rings. The van der Waals surface area contributed by atoms with Crippen LogP contribution in [0.4, 0.5) is 5.69 Å². The van der Waals surface area contributed by atoms with Crippen LogP contribution in [0, 0.1) is 6.92 Å². The minimum absolute atomic E-state index is 0.524. The number of nitrogens with one attached hydrogen (secondary N) is 1. The predicted molar refractivity (Wildman–Crippen MR) is 67.9 cm³/mol. The highest BCUT2D eigenvalue weighted by Gasteiger charge is 2.24. The Hall–Kier alpha value is -0.410. The molecule has 2 nitrogen and oxygen atoms in total. The van der Waals surface area contributed by atoms with E-state index in [1.54, 1.807) is 6.20 Å². The van der Waals surface area contributed by atoms with Gasteiger partial charge in [0.2, 0.25) is 0 Å². The van der Waals surface area contributed by atoms with Gasteiger partial charge in [-0.1, -0.05) is 18.5 Å². The lowest BCUT2D eigenvalue weighted by atomic mass is 10.1. The van der Waals surface area contributed by atoms with Crippen molar-refractivity contribution in [2.24, 2.45) is 0 Å². The summed E-state index contributed by atoms with van der Waals surface area (Å²) in [6.45, 7) is 4.29. The maximum atomic E-state index is 6.04. The number of hydrogen-bond acceptors (Lipinski definition) is 3. The first-order chi connectivity index (χ1) is 7.16. The van der Waals surface area contributed by atoms with E-state index in [4.69, 9.17) is 11.6 Å². The molecular formula is C11H15ClN2S. The minimum Gasteiger partial charge on any atom is -0.379 e. The Morgan fingerprint density at radius 3 is 3.07 bits per heavy atom. The zero-order valence-corrected chi connectivity index (χ0v) is 10.5. The van der Waals surface area contributed by atoms with Crippen molar-refractivity contribution in [3.63, 3.8) is 0 Å². The molecule has 2 atom stereocenters. The summed E-state index contributed by atoms with van der Waals surface area (Å²) >= 11 is 8.05. The van der Waals surface area contributed by atoms with Gasteiger partial charge in [-0.3, -0.25) is 0 Å². The van der Waals surface area contributed by atoms with Crippen LogP contribution >= 0.6 is 23.4 Å². The lowest BCUT2D eigenvalue weighted by molar-refractivity contribution is 0.723. The number of hydrogen-bond donors (Lipinski definition) is 1. The Morgan fingerprint density at radius 2 is 2.40 bits per heavy atom. The standard InChI is InChI=1S/C11H15ClN2S/c1-7-5-10(11(12)13-6-7)14-9-3-4-15-8(9)2/h5-6,8-9,14H,3-4H2,1-2H3. The third kappa shape index (κ3) is 2.58. The second-order valence-corrected chi connectivity index (χ2v) is 5.81. The number of rotatable bonds is 2. The van der Waals surface area contributed by atoms with E-state index in [9.17, 15) is 0 Å². The molecule has 1 aliphatic heterocycles.